The number of rotatable bonds is 6. The summed E-state index contributed by atoms with van der Waals surface area (Å²) in [6.45, 7) is 3.73. The molecule has 0 amide bonds. The van der Waals surface area contributed by atoms with Crippen LogP contribution in [0.1, 0.15) is 42.7 Å². The molecule has 2 atom stereocenters. The van der Waals surface area contributed by atoms with E-state index in [0.717, 1.165) is 44.7 Å². The summed E-state index contributed by atoms with van der Waals surface area (Å²) in [6, 6.07) is 24.6. The number of anilines is 1. The molecule has 1 aliphatic carbocycles. The molecule has 1 N–H and O–H groups in total. The zero-order valence-electron chi connectivity index (χ0n) is 17.9. The van der Waals surface area contributed by atoms with Crippen LogP contribution in [0, 0.1) is 22.7 Å². The van der Waals surface area contributed by atoms with Gasteiger partial charge in [0, 0.05) is 44.2 Å². The lowest BCUT2D eigenvalue weighted by atomic mass is 9.82. The van der Waals surface area contributed by atoms with Crippen molar-refractivity contribution in [3.63, 3.8) is 0 Å². The van der Waals surface area contributed by atoms with E-state index < -0.39 is 0 Å². The Labute approximate surface area is 184 Å². The Morgan fingerprint density at radius 3 is 2.39 bits per heavy atom. The maximum Gasteiger partial charge on any atom is 0.101 e. The summed E-state index contributed by atoms with van der Waals surface area (Å²) in [4.78, 5) is 4.80. The number of para-hydroxylation sites is 1. The number of piperidine rings is 1. The maximum absolute atomic E-state index is 9.51. The molecule has 0 bridgehead atoms. The molecule has 5 heteroatoms. The molecule has 0 unspecified atom stereocenters. The summed E-state index contributed by atoms with van der Waals surface area (Å²) in [5, 5.41) is 22.8. The van der Waals surface area contributed by atoms with Crippen LogP contribution in [0.15, 0.2) is 54.6 Å². The first-order valence-electron chi connectivity index (χ1n) is 11.4. The van der Waals surface area contributed by atoms with E-state index >= 15 is 0 Å². The van der Waals surface area contributed by atoms with Gasteiger partial charge >= 0.3 is 0 Å². The van der Waals surface area contributed by atoms with E-state index in [2.05, 4.69) is 57.6 Å². The summed E-state index contributed by atoms with van der Waals surface area (Å²) in [7, 11) is 0. The van der Waals surface area contributed by atoms with E-state index in [-0.39, 0.29) is 5.54 Å². The monoisotopic (exact) mass is 411 g/mol. The standard InChI is InChI=1S/C26H29N5/c27-13-12-26(18-30(19-26)25-9-5-4-8-21(25)17-28)31-14-10-22(11-15-31)29-24-16-23(24)20-6-2-1-3-7-20/h1-9,22-24,29H,10-12,14-16,18-19H2/t23-,24+/m0/s1. The molecule has 2 aliphatic heterocycles. The first kappa shape index (κ1) is 20.1. The van der Waals surface area contributed by atoms with Crippen LogP contribution in [0.4, 0.5) is 5.69 Å². The summed E-state index contributed by atoms with van der Waals surface area (Å²) in [5.74, 6) is 0.671. The molecule has 2 saturated heterocycles. The predicted octanol–water partition coefficient (Wildman–Crippen LogP) is 3.64. The molecule has 0 radical (unpaired) electrons. The van der Waals surface area contributed by atoms with Gasteiger partial charge in [-0.25, -0.2) is 0 Å². The molecule has 2 aromatic rings. The average molecular weight is 412 g/mol. The van der Waals surface area contributed by atoms with Crippen molar-refractivity contribution < 1.29 is 0 Å². The fraction of sp³-hybridized carbons (Fsp3) is 0.462. The van der Waals surface area contributed by atoms with E-state index in [1.807, 2.05) is 24.3 Å². The molecular formula is C26H29N5. The molecular weight excluding hydrogens is 382 g/mol. The first-order valence-corrected chi connectivity index (χ1v) is 11.4. The lowest BCUT2D eigenvalue weighted by molar-refractivity contribution is 0.0357. The third-order valence-electron chi connectivity index (χ3n) is 7.38. The Morgan fingerprint density at radius 2 is 1.68 bits per heavy atom. The smallest absolute Gasteiger partial charge is 0.101 e. The molecule has 3 fully saturated rings. The third kappa shape index (κ3) is 3.92. The van der Waals surface area contributed by atoms with Gasteiger partial charge in [0.25, 0.3) is 0 Å². The van der Waals surface area contributed by atoms with Crippen LogP contribution in [-0.2, 0) is 0 Å². The van der Waals surface area contributed by atoms with Gasteiger partial charge in [0.2, 0.25) is 0 Å². The van der Waals surface area contributed by atoms with E-state index in [0.29, 0.717) is 30.0 Å². The number of nitriles is 2. The fourth-order valence-corrected chi connectivity index (χ4v) is 5.52. The zero-order chi connectivity index (χ0) is 21.3. The van der Waals surface area contributed by atoms with Crippen LogP contribution >= 0.6 is 0 Å². The fourth-order valence-electron chi connectivity index (χ4n) is 5.52. The van der Waals surface area contributed by atoms with E-state index in [1.165, 1.54) is 12.0 Å². The molecule has 2 aromatic carbocycles. The van der Waals surface area contributed by atoms with Gasteiger partial charge in [0.15, 0.2) is 0 Å². The summed E-state index contributed by atoms with van der Waals surface area (Å²) >= 11 is 0. The highest BCUT2D eigenvalue weighted by molar-refractivity contribution is 5.62. The molecule has 2 heterocycles. The maximum atomic E-state index is 9.51. The van der Waals surface area contributed by atoms with Gasteiger partial charge in [-0.3, -0.25) is 4.90 Å². The van der Waals surface area contributed by atoms with Gasteiger partial charge in [-0.2, -0.15) is 10.5 Å². The molecule has 3 aliphatic rings. The van der Waals surface area contributed by atoms with Gasteiger partial charge in [0.1, 0.15) is 6.07 Å². The van der Waals surface area contributed by atoms with Crippen molar-refractivity contribution in [2.75, 3.05) is 31.1 Å². The highest BCUT2D eigenvalue weighted by Gasteiger charge is 2.49. The lowest BCUT2D eigenvalue weighted by Gasteiger charge is -2.57. The van der Waals surface area contributed by atoms with Gasteiger partial charge in [-0.1, -0.05) is 42.5 Å². The molecule has 5 rings (SSSR count). The van der Waals surface area contributed by atoms with E-state index in [9.17, 15) is 10.5 Å². The topological polar surface area (TPSA) is 66.1 Å². The van der Waals surface area contributed by atoms with Crippen molar-refractivity contribution in [1.82, 2.24) is 10.2 Å². The SMILES string of the molecule is N#CCC1(N2CCC(N[C@@H]3C[C@H]3c3ccccc3)CC2)CN(c2ccccc2C#N)C1. The lowest BCUT2D eigenvalue weighted by Crippen LogP contribution is -2.71. The van der Waals surface area contributed by atoms with Crippen LogP contribution in [0.25, 0.3) is 0 Å². The van der Waals surface area contributed by atoms with Crippen molar-refractivity contribution in [2.24, 2.45) is 0 Å². The highest BCUT2D eigenvalue weighted by atomic mass is 15.4. The largest absolute Gasteiger partial charge is 0.367 e. The second-order valence-corrected chi connectivity index (χ2v) is 9.33. The van der Waals surface area contributed by atoms with Crippen LogP contribution in [0.5, 0.6) is 0 Å². The number of likely N-dealkylation sites (tertiary alicyclic amines) is 1. The van der Waals surface area contributed by atoms with Crippen LogP contribution < -0.4 is 10.2 Å². The second-order valence-electron chi connectivity index (χ2n) is 9.33. The van der Waals surface area contributed by atoms with Gasteiger partial charge in [-0.15, -0.1) is 0 Å². The highest BCUT2D eigenvalue weighted by Crippen LogP contribution is 2.42. The van der Waals surface area contributed by atoms with Crippen molar-refractivity contribution in [3.05, 3.63) is 65.7 Å². The number of nitrogens with one attached hydrogen (secondary N) is 1. The van der Waals surface area contributed by atoms with Gasteiger partial charge < -0.3 is 10.2 Å². The number of nitrogens with zero attached hydrogens (tertiary/aromatic N) is 4. The van der Waals surface area contributed by atoms with Gasteiger partial charge in [0.05, 0.1) is 29.3 Å². The number of benzene rings is 2. The number of hydrogen-bond donors (Lipinski definition) is 1. The zero-order valence-corrected chi connectivity index (χ0v) is 17.9. The van der Waals surface area contributed by atoms with Crippen molar-refractivity contribution in [2.45, 2.75) is 49.2 Å². The van der Waals surface area contributed by atoms with Crippen molar-refractivity contribution in [1.29, 1.82) is 10.5 Å². The van der Waals surface area contributed by atoms with Crippen molar-refractivity contribution >= 4 is 5.69 Å². The van der Waals surface area contributed by atoms with Crippen molar-refractivity contribution in [3.8, 4) is 12.1 Å². The molecule has 0 aromatic heterocycles. The normalized spacial score (nSPS) is 25.3. The Bertz CT molecular complexity index is 990. The van der Waals surface area contributed by atoms with Crippen LogP contribution in [0.3, 0.4) is 0 Å². The summed E-state index contributed by atoms with van der Waals surface area (Å²) in [5.41, 5.74) is 3.09. The van der Waals surface area contributed by atoms with E-state index in [4.69, 9.17) is 0 Å². The Hall–Kier alpha value is -2.86. The molecule has 158 valence electrons. The Morgan fingerprint density at radius 1 is 0.968 bits per heavy atom. The molecule has 0 spiro atoms. The summed E-state index contributed by atoms with van der Waals surface area (Å²) < 4.78 is 0. The number of hydrogen-bond acceptors (Lipinski definition) is 5. The molecule has 31 heavy (non-hydrogen) atoms. The third-order valence-corrected chi connectivity index (χ3v) is 7.38. The van der Waals surface area contributed by atoms with Crippen LogP contribution in [0.2, 0.25) is 0 Å². The minimum Gasteiger partial charge on any atom is -0.367 e. The van der Waals surface area contributed by atoms with E-state index in [1.54, 1.807) is 0 Å². The minimum absolute atomic E-state index is 0.0750. The molecule has 1 saturated carbocycles. The average Bonchev–Trinajstić information content (AvgIpc) is 3.56. The Kier molecular flexibility index (Phi) is 5.40. The first-order chi connectivity index (χ1) is 15.2. The second kappa shape index (κ2) is 8.35. The summed E-state index contributed by atoms with van der Waals surface area (Å²) in [6.07, 6.45) is 4.07. The predicted molar refractivity (Wildman–Crippen MR) is 122 cm³/mol. The minimum atomic E-state index is -0.0750. The quantitative estimate of drug-likeness (QED) is 0.786. The molecule has 5 nitrogen and oxygen atoms in total. The Balaban J connectivity index is 1.16. The van der Waals surface area contributed by atoms with Gasteiger partial charge in [-0.05, 0) is 37.0 Å². The van der Waals surface area contributed by atoms with Crippen LogP contribution in [-0.4, -0.2) is 48.7 Å².